The summed E-state index contributed by atoms with van der Waals surface area (Å²) in [5.74, 6) is 0. The fourth-order valence-corrected chi connectivity index (χ4v) is 1.99. The molecule has 1 unspecified atom stereocenters. The van der Waals surface area contributed by atoms with Crippen LogP contribution in [0.15, 0.2) is 9.59 Å². The quantitative estimate of drug-likeness (QED) is 0.714. The van der Waals surface area contributed by atoms with Gasteiger partial charge in [0.2, 0.25) is 0 Å². The van der Waals surface area contributed by atoms with E-state index < -0.39 is 5.69 Å². The summed E-state index contributed by atoms with van der Waals surface area (Å²) in [6.07, 6.45) is 1.89. The molecule has 15 heavy (non-hydrogen) atoms. The molecular formula is C8H13N3O2S2. The minimum Gasteiger partial charge on any atom is -0.273 e. The smallest absolute Gasteiger partial charge is 0.273 e. The van der Waals surface area contributed by atoms with E-state index in [1.807, 2.05) is 13.2 Å². The van der Waals surface area contributed by atoms with Gasteiger partial charge in [0.25, 0.3) is 0 Å². The van der Waals surface area contributed by atoms with Gasteiger partial charge in [0.15, 0.2) is 4.77 Å². The SMILES string of the molecule is CSC(C)n1c(=O)n(C)c(=O)n(C)c1=S. The van der Waals surface area contributed by atoms with Gasteiger partial charge in [-0.25, -0.2) is 14.2 Å². The number of hydrogen-bond acceptors (Lipinski definition) is 4. The van der Waals surface area contributed by atoms with Crippen LogP contribution in [0, 0.1) is 4.77 Å². The summed E-state index contributed by atoms with van der Waals surface area (Å²) >= 11 is 6.57. The number of nitrogens with zero attached hydrogens (tertiary/aromatic N) is 3. The monoisotopic (exact) mass is 247 g/mol. The first-order valence-electron chi connectivity index (χ1n) is 4.33. The molecule has 0 aliphatic heterocycles. The normalized spacial score (nSPS) is 12.8. The molecule has 0 aromatic carbocycles. The highest BCUT2D eigenvalue weighted by Gasteiger charge is 2.12. The van der Waals surface area contributed by atoms with Gasteiger partial charge in [0.1, 0.15) is 0 Å². The number of rotatable bonds is 2. The second kappa shape index (κ2) is 4.36. The summed E-state index contributed by atoms with van der Waals surface area (Å²) in [6.45, 7) is 1.87. The molecule has 0 spiro atoms. The molecule has 0 N–H and O–H groups in total. The van der Waals surface area contributed by atoms with Crippen molar-refractivity contribution in [2.45, 2.75) is 12.3 Å². The lowest BCUT2D eigenvalue weighted by molar-refractivity contribution is 0.530. The van der Waals surface area contributed by atoms with Crippen LogP contribution < -0.4 is 11.4 Å². The van der Waals surface area contributed by atoms with E-state index in [2.05, 4.69) is 0 Å². The van der Waals surface area contributed by atoms with Crippen LogP contribution in [-0.4, -0.2) is 20.0 Å². The van der Waals surface area contributed by atoms with Crippen molar-refractivity contribution >= 4 is 24.0 Å². The van der Waals surface area contributed by atoms with Gasteiger partial charge in [-0.3, -0.25) is 9.13 Å². The Hall–Kier alpha value is -0.820. The molecule has 0 bridgehead atoms. The van der Waals surface area contributed by atoms with Crippen molar-refractivity contribution in [2.75, 3.05) is 6.26 Å². The Labute approximate surface area is 96.3 Å². The molecule has 1 atom stereocenters. The fourth-order valence-electron chi connectivity index (χ4n) is 1.21. The molecule has 0 aliphatic carbocycles. The maximum absolute atomic E-state index is 11.8. The Balaban J connectivity index is 3.77. The molecule has 1 aromatic rings. The van der Waals surface area contributed by atoms with Gasteiger partial charge in [-0.05, 0) is 25.4 Å². The summed E-state index contributed by atoms with van der Waals surface area (Å²) in [4.78, 5) is 23.3. The highest BCUT2D eigenvalue weighted by atomic mass is 32.2. The zero-order chi connectivity index (χ0) is 11.7. The first kappa shape index (κ1) is 12.3. The van der Waals surface area contributed by atoms with Crippen LogP contribution in [0.2, 0.25) is 0 Å². The molecule has 1 heterocycles. The second-order valence-corrected chi connectivity index (χ2v) is 4.69. The molecule has 5 nitrogen and oxygen atoms in total. The average Bonchev–Trinajstić information content (AvgIpc) is 2.23. The summed E-state index contributed by atoms with van der Waals surface area (Å²) in [5, 5.41) is -0.0806. The fraction of sp³-hybridized carbons (Fsp3) is 0.625. The molecule has 0 aliphatic rings. The Bertz CT molecular complexity index is 500. The third kappa shape index (κ3) is 1.93. The van der Waals surface area contributed by atoms with Gasteiger partial charge < -0.3 is 0 Å². The summed E-state index contributed by atoms with van der Waals surface area (Å²) in [5.41, 5.74) is -0.764. The van der Waals surface area contributed by atoms with Crippen molar-refractivity contribution in [2.24, 2.45) is 14.1 Å². The Morgan fingerprint density at radius 1 is 1.20 bits per heavy atom. The van der Waals surface area contributed by atoms with Crippen LogP contribution in [-0.2, 0) is 14.1 Å². The lowest BCUT2D eigenvalue weighted by Crippen LogP contribution is -2.44. The van der Waals surface area contributed by atoms with Crippen molar-refractivity contribution in [3.05, 3.63) is 25.7 Å². The maximum Gasteiger partial charge on any atom is 0.335 e. The van der Waals surface area contributed by atoms with Crippen molar-refractivity contribution in [3.63, 3.8) is 0 Å². The van der Waals surface area contributed by atoms with Crippen molar-refractivity contribution in [3.8, 4) is 0 Å². The van der Waals surface area contributed by atoms with Crippen LogP contribution >= 0.6 is 24.0 Å². The van der Waals surface area contributed by atoms with Crippen LogP contribution in [0.25, 0.3) is 0 Å². The van der Waals surface area contributed by atoms with E-state index in [0.29, 0.717) is 0 Å². The van der Waals surface area contributed by atoms with Crippen LogP contribution in [0.4, 0.5) is 0 Å². The van der Waals surface area contributed by atoms with Gasteiger partial charge >= 0.3 is 11.4 Å². The standard InChI is InChI=1S/C8H13N3O2S2/c1-5(15-4)11-7(13)9(2)6(12)10(3)8(11)14/h5H,1-4H3. The molecule has 7 heteroatoms. The topological polar surface area (TPSA) is 48.9 Å². The molecule has 0 saturated carbocycles. The second-order valence-electron chi connectivity index (χ2n) is 3.17. The van der Waals surface area contributed by atoms with E-state index in [9.17, 15) is 9.59 Å². The van der Waals surface area contributed by atoms with Crippen molar-refractivity contribution in [1.82, 2.24) is 13.7 Å². The number of aromatic nitrogens is 3. The molecule has 0 fully saturated rings. The highest BCUT2D eigenvalue weighted by molar-refractivity contribution is 7.98. The van der Waals surface area contributed by atoms with Crippen molar-refractivity contribution in [1.29, 1.82) is 0 Å². The Morgan fingerprint density at radius 3 is 2.20 bits per heavy atom. The molecule has 0 saturated heterocycles. The van der Waals surface area contributed by atoms with E-state index in [0.717, 1.165) is 4.57 Å². The summed E-state index contributed by atoms with van der Waals surface area (Å²) in [6, 6.07) is 0. The highest BCUT2D eigenvalue weighted by Crippen LogP contribution is 2.15. The van der Waals surface area contributed by atoms with E-state index in [4.69, 9.17) is 12.2 Å². The molecule has 1 aromatic heterocycles. The average molecular weight is 247 g/mol. The summed E-state index contributed by atoms with van der Waals surface area (Å²) < 4.78 is 4.04. The third-order valence-corrected chi connectivity index (χ3v) is 3.63. The Morgan fingerprint density at radius 2 is 1.73 bits per heavy atom. The third-order valence-electron chi connectivity index (χ3n) is 2.26. The maximum atomic E-state index is 11.8. The zero-order valence-electron chi connectivity index (χ0n) is 9.05. The van der Waals surface area contributed by atoms with E-state index >= 15 is 0 Å². The number of thioether (sulfide) groups is 1. The molecule has 84 valence electrons. The Kier molecular flexibility index (Phi) is 3.56. The zero-order valence-corrected chi connectivity index (χ0v) is 10.7. The first-order valence-corrected chi connectivity index (χ1v) is 6.02. The molecular weight excluding hydrogens is 234 g/mol. The molecule has 1 rings (SSSR count). The minimum absolute atomic E-state index is 0.0806. The number of hydrogen-bond donors (Lipinski definition) is 0. The van der Waals surface area contributed by atoms with Crippen LogP contribution in [0.5, 0.6) is 0 Å². The van der Waals surface area contributed by atoms with Gasteiger partial charge in [-0.15, -0.1) is 11.8 Å². The lowest BCUT2D eigenvalue weighted by Gasteiger charge is -2.15. The van der Waals surface area contributed by atoms with E-state index in [1.54, 1.807) is 7.05 Å². The van der Waals surface area contributed by atoms with E-state index in [1.165, 1.54) is 27.9 Å². The van der Waals surface area contributed by atoms with E-state index in [-0.39, 0.29) is 15.8 Å². The predicted molar refractivity (Wildman–Crippen MR) is 64.0 cm³/mol. The summed E-state index contributed by atoms with van der Waals surface area (Å²) in [7, 11) is 3.01. The van der Waals surface area contributed by atoms with Gasteiger partial charge in [0.05, 0.1) is 5.37 Å². The van der Waals surface area contributed by atoms with Crippen molar-refractivity contribution < 1.29 is 0 Å². The lowest BCUT2D eigenvalue weighted by atomic mass is 10.7. The van der Waals surface area contributed by atoms with Gasteiger partial charge in [-0.1, -0.05) is 0 Å². The predicted octanol–water partition coefficient (Wildman–Crippen LogP) is 0.496. The van der Waals surface area contributed by atoms with Crippen LogP contribution in [0.3, 0.4) is 0 Å². The molecule has 0 radical (unpaired) electrons. The van der Waals surface area contributed by atoms with Gasteiger partial charge in [-0.2, -0.15) is 0 Å². The largest absolute Gasteiger partial charge is 0.335 e. The minimum atomic E-state index is -0.394. The van der Waals surface area contributed by atoms with Crippen LogP contribution in [0.1, 0.15) is 12.3 Å². The molecule has 0 amide bonds. The van der Waals surface area contributed by atoms with Gasteiger partial charge in [0, 0.05) is 14.1 Å². The first-order chi connectivity index (χ1) is 6.91.